The summed E-state index contributed by atoms with van der Waals surface area (Å²) in [6.45, 7) is 0.998. The molecule has 0 bridgehead atoms. The molecule has 1 spiro atoms. The third kappa shape index (κ3) is 13.1. The molecule has 2 fully saturated rings. The normalized spacial score (nSPS) is 15.3. The van der Waals surface area contributed by atoms with Crippen molar-refractivity contribution in [1.82, 2.24) is 5.32 Å². The van der Waals surface area contributed by atoms with Crippen molar-refractivity contribution < 1.29 is 57.1 Å². The van der Waals surface area contributed by atoms with E-state index < -0.39 is 41.6 Å². The van der Waals surface area contributed by atoms with Gasteiger partial charge in [0.2, 0.25) is 5.78 Å². The second-order valence-corrected chi connectivity index (χ2v) is 18.6. The van der Waals surface area contributed by atoms with Crippen LogP contribution in [0.3, 0.4) is 0 Å². The van der Waals surface area contributed by atoms with E-state index in [1.54, 1.807) is 36.4 Å². The maximum absolute atomic E-state index is 15.8. The van der Waals surface area contributed by atoms with Crippen LogP contribution in [0.1, 0.15) is 87.7 Å². The molecule has 1 aliphatic carbocycles. The van der Waals surface area contributed by atoms with E-state index in [0.29, 0.717) is 31.1 Å². The van der Waals surface area contributed by atoms with Gasteiger partial charge in [-0.3, -0.25) is 9.59 Å². The first kappa shape index (κ1) is 51.4. The SMILES string of the molecule is O=C(N[C@@H]1CC2(C[C@H]1OC(=O)c1cc(OCc3ccccc3)c(C(=O)c3c(OCc4ccccc4)cccc3C(=O)OCc3ccccc3)c(OCc3ccccc3)c1)OCCO2)c1ccc(OCc2ccccc2)cc1. The molecule has 1 aliphatic heterocycles. The summed E-state index contributed by atoms with van der Waals surface area (Å²) < 4.78 is 49.9. The highest BCUT2D eigenvalue weighted by atomic mass is 16.7. The standard InChI is InChI=1S/C64H55NO12/c66-60(58-52(63(69)74-43-48-25-14-5-15-26-48)27-16-28-54(58)71-40-45-19-8-2-9-20-45)59-55(72-41-46-21-10-3-11-22-46)35-50(36-56(59)73-42-47-23-12-4-13-24-47)62(68)77-57-38-64(75-33-34-76-64)37-53(57)65-61(67)49-29-31-51(32-30-49)70-39-44-17-6-1-7-18-44/h1-32,35-36,53,57H,33-34,37-43H2,(H,65,67)/t53-,57-/m1/s1. The molecule has 0 unspecified atom stereocenters. The van der Waals surface area contributed by atoms with Crippen LogP contribution in [0.2, 0.25) is 0 Å². The molecular weight excluding hydrogens is 975 g/mol. The first-order chi connectivity index (χ1) is 37.8. The van der Waals surface area contributed by atoms with Crippen molar-refractivity contribution in [3.05, 3.63) is 262 Å². The third-order valence-electron chi connectivity index (χ3n) is 13.2. The minimum absolute atomic E-state index is 0.0193. The molecule has 8 aromatic carbocycles. The topological polar surface area (TPSA) is 154 Å². The molecule has 2 atom stereocenters. The van der Waals surface area contributed by atoms with Gasteiger partial charge < -0.3 is 43.2 Å². The summed E-state index contributed by atoms with van der Waals surface area (Å²) in [5.74, 6) is -3.13. The molecule has 388 valence electrons. The lowest BCUT2D eigenvalue weighted by Crippen LogP contribution is -2.42. The van der Waals surface area contributed by atoms with E-state index in [4.69, 9.17) is 37.9 Å². The van der Waals surface area contributed by atoms with Crippen molar-refractivity contribution in [3.63, 3.8) is 0 Å². The van der Waals surface area contributed by atoms with E-state index in [9.17, 15) is 14.4 Å². The summed E-state index contributed by atoms with van der Waals surface area (Å²) in [6, 6.07) is 60.7. The molecule has 1 heterocycles. The lowest BCUT2D eigenvalue weighted by Gasteiger charge is -2.22. The van der Waals surface area contributed by atoms with Crippen LogP contribution in [0.4, 0.5) is 0 Å². The zero-order valence-electron chi connectivity index (χ0n) is 42.0. The van der Waals surface area contributed by atoms with Crippen molar-refractivity contribution in [2.24, 2.45) is 0 Å². The average molecular weight is 1030 g/mol. The van der Waals surface area contributed by atoms with E-state index in [0.717, 1.165) is 27.8 Å². The molecule has 1 N–H and O–H groups in total. The van der Waals surface area contributed by atoms with Crippen LogP contribution in [0, 0.1) is 0 Å². The number of esters is 2. The fourth-order valence-corrected chi connectivity index (χ4v) is 9.25. The van der Waals surface area contributed by atoms with E-state index in [2.05, 4.69) is 5.32 Å². The van der Waals surface area contributed by atoms with Crippen molar-refractivity contribution in [1.29, 1.82) is 0 Å². The second-order valence-electron chi connectivity index (χ2n) is 18.6. The van der Waals surface area contributed by atoms with Gasteiger partial charge in [0.25, 0.3) is 5.91 Å². The molecule has 1 amide bonds. The predicted octanol–water partition coefficient (Wildman–Crippen LogP) is 11.5. The number of rotatable bonds is 21. The highest BCUT2D eigenvalue weighted by Crippen LogP contribution is 2.42. The van der Waals surface area contributed by atoms with Gasteiger partial charge in [-0.05, 0) is 76.3 Å². The smallest absolute Gasteiger partial charge is 0.339 e. The molecular formula is C64H55NO12. The largest absolute Gasteiger partial charge is 0.489 e. The minimum atomic E-state index is -1.10. The number of carbonyl (C=O) groups excluding carboxylic acids is 4. The van der Waals surface area contributed by atoms with Gasteiger partial charge in [-0.2, -0.15) is 0 Å². The lowest BCUT2D eigenvalue weighted by molar-refractivity contribution is -0.155. The molecule has 13 nitrogen and oxygen atoms in total. The average Bonchev–Trinajstić information content (AvgIpc) is 4.11. The second kappa shape index (κ2) is 24.5. The lowest BCUT2D eigenvalue weighted by atomic mass is 9.94. The van der Waals surface area contributed by atoms with E-state index in [-0.39, 0.29) is 78.8 Å². The highest BCUT2D eigenvalue weighted by molar-refractivity contribution is 6.19. The molecule has 1 saturated carbocycles. The van der Waals surface area contributed by atoms with Crippen LogP contribution >= 0.6 is 0 Å². The Balaban J connectivity index is 0.993. The van der Waals surface area contributed by atoms with Gasteiger partial charge in [0.15, 0.2) is 5.79 Å². The maximum atomic E-state index is 15.8. The molecule has 0 radical (unpaired) electrons. The summed E-state index contributed by atoms with van der Waals surface area (Å²) >= 11 is 0. The summed E-state index contributed by atoms with van der Waals surface area (Å²) in [6.07, 6.45) is -0.578. The highest BCUT2D eigenvalue weighted by Gasteiger charge is 2.52. The van der Waals surface area contributed by atoms with E-state index >= 15 is 4.79 Å². The van der Waals surface area contributed by atoms with Crippen LogP contribution < -0.4 is 24.3 Å². The predicted molar refractivity (Wildman–Crippen MR) is 286 cm³/mol. The molecule has 8 aromatic rings. The van der Waals surface area contributed by atoms with Crippen molar-refractivity contribution in [2.75, 3.05) is 13.2 Å². The molecule has 10 rings (SSSR count). The van der Waals surface area contributed by atoms with Crippen molar-refractivity contribution in [3.8, 4) is 23.0 Å². The van der Waals surface area contributed by atoms with Gasteiger partial charge in [0, 0.05) is 18.4 Å². The van der Waals surface area contributed by atoms with Gasteiger partial charge >= 0.3 is 11.9 Å². The van der Waals surface area contributed by atoms with Crippen molar-refractivity contribution in [2.45, 2.75) is 63.8 Å². The number of amides is 1. The Morgan fingerprint density at radius 1 is 0.455 bits per heavy atom. The van der Waals surface area contributed by atoms with Crippen molar-refractivity contribution >= 4 is 23.6 Å². The Labute approximate surface area is 446 Å². The van der Waals surface area contributed by atoms with E-state index in [1.807, 2.05) is 152 Å². The molecule has 13 heteroatoms. The fourth-order valence-electron chi connectivity index (χ4n) is 9.25. The Morgan fingerprint density at radius 2 is 0.922 bits per heavy atom. The maximum Gasteiger partial charge on any atom is 0.339 e. The van der Waals surface area contributed by atoms with Crippen LogP contribution in [0.15, 0.2) is 206 Å². The van der Waals surface area contributed by atoms with Crippen LogP contribution in [0.5, 0.6) is 23.0 Å². The summed E-state index contributed by atoms with van der Waals surface area (Å²) in [4.78, 5) is 58.7. The summed E-state index contributed by atoms with van der Waals surface area (Å²) in [5, 5.41) is 3.07. The Kier molecular flexibility index (Phi) is 16.4. The van der Waals surface area contributed by atoms with Crippen LogP contribution in [-0.4, -0.2) is 54.8 Å². The van der Waals surface area contributed by atoms with Crippen LogP contribution in [0.25, 0.3) is 0 Å². The van der Waals surface area contributed by atoms with Gasteiger partial charge in [0.05, 0.1) is 35.9 Å². The fraction of sp³-hybridized carbons (Fsp3) is 0.188. The van der Waals surface area contributed by atoms with Gasteiger partial charge in [0.1, 0.15) is 67.7 Å². The van der Waals surface area contributed by atoms with Gasteiger partial charge in [-0.15, -0.1) is 0 Å². The van der Waals surface area contributed by atoms with Gasteiger partial charge in [-0.1, -0.05) is 158 Å². The number of nitrogens with one attached hydrogen (secondary N) is 1. The number of carbonyl (C=O) groups is 4. The van der Waals surface area contributed by atoms with Crippen LogP contribution in [-0.2, 0) is 52.0 Å². The third-order valence-corrected chi connectivity index (χ3v) is 13.2. The minimum Gasteiger partial charge on any atom is -0.489 e. The van der Waals surface area contributed by atoms with Gasteiger partial charge in [-0.25, -0.2) is 9.59 Å². The first-order valence-electron chi connectivity index (χ1n) is 25.4. The number of benzene rings is 8. The van der Waals surface area contributed by atoms with E-state index in [1.165, 1.54) is 18.2 Å². The number of ether oxygens (including phenoxy) is 8. The Morgan fingerprint density at radius 3 is 1.43 bits per heavy atom. The number of ketones is 1. The molecule has 77 heavy (non-hydrogen) atoms. The number of hydrogen-bond donors (Lipinski definition) is 1. The quantitative estimate of drug-likeness (QED) is 0.0538. The first-order valence-corrected chi connectivity index (χ1v) is 25.4. The molecule has 1 saturated heterocycles. The Hall–Kier alpha value is -9.04. The number of hydrogen-bond acceptors (Lipinski definition) is 12. The zero-order chi connectivity index (χ0) is 52.8. The summed E-state index contributed by atoms with van der Waals surface area (Å²) in [5.41, 5.74) is 4.22. The monoisotopic (exact) mass is 1030 g/mol. The molecule has 0 aromatic heterocycles. The molecule has 2 aliphatic rings. The Bertz CT molecular complexity index is 3210. The zero-order valence-corrected chi connectivity index (χ0v) is 42.0. The summed E-state index contributed by atoms with van der Waals surface area (Å²) in [7, 11) is 0.